The Morgan fingerprint density at radius 2 is 1.75 bits per heavy atom. The topological polar surface area (TPSA) is 94.1 Å². The summed E-state index contributed by atoms with van der Waals surface area (Å²) in [6.45, 7) is 1.83. The molecule has 2 heterocycles. The maximum Gasteiger partial charge on any atom is 0.263 e. The van der Waals surface area contributed by atoms with Gasteiger partial charge in [0.05, 0.1) is 17.7 Å². The minimum absolute atomic E-state index is 0.0639. The minimum atomic E-state index is -3.86. The second-order valence-corrected chi connectivity index (χ2v) is 10.4. The fourth-order valence-electron chi connectivity index (χ4n) is 3.99. The first-order chi connectivity index (χ1) is 17.2. The third-order valence-electron chi connectivity index (χ3n) is 5.60. The summed E-state index contributed by atoms with van der Waals surface area (Å²) in [4.78, 5) is 4.59. The zero-order chi connectivity index (χ0) is 25.4. The molecule has 0 amide bonds. The van der Waals surface area contributed by atoms with Crippen LogP contribution < -0.4 is 9.46 Å². The Morgan fingerprint density at radius 3 is 2.44 bits per heavy atom. The number of sulfonamides is 1. The van der Waals surface area contributed by atoms with Crippen molar-refractivity contribution < 1.29 is 21.9 Å². The molecule has 0 atom stereocenters. The van der Waals surface area contributed by atoms with E-state index >= 15 is 0 Å². The molecule has 5 aromatic rings. The van der Waals surface area contributed by atoms with Crippen molar-refractivity contribution in [2.75, 3.05) is 11.8 Å². The summed E-state index contributed by atoms with van der Waals surface area (Å²) in [6, 6.07) is 13.3. The lowest BCUT2D eigenvalue weighted by Gasteiger charge is -2.15. The van der Waals surface area contributed by atoms with E-state index in [1.165, 1.54) is 30.8 Å². The monoisotopic (exact) mass is 524 g/mol. The first kappa shape index (κ1) is 23.8. The molecular formula is C25H18F2N4O3S2. The van der Waals surface area contributed by atoms with Crippen molar-refractivity contribution in [1.82, 2.24) is 15.2 Å². The van der Waals surface area contributed by atoms with E-state index in [0.29, 0.717) is 38.9 Å². The highest BCUT2D eigenvalue weighted by atomic mass is 32.2. The smallest absolute Gasteiger partial charge is 0.263 e. The highest BCUT2D eigenvalue weighted by Crippen LogP contribution is 2.39. The Morgan fingerprint density at radius 1 is 0.972 bits per heavy atom. The molecule has 182 valence electrons. The van der Waals surface area contributed by atoms with Gasteiger partial charge in [-0.2, -0.15) is 0 Å². The van der Waals surface area contributed by atoms with Crippen molar-refractivity contribution in [3.05, 3.63) is 83.5 Å². The molecule has 0 saturated heterocycles. The average molecular weight is 525 g/mol. The number of ether oxygens (including phenoxy) is 1. The van der Waals surface area contributed by atoms with Gasteiger partial charge in [-0.25, -0.2) is 17.2 Å². The van der Waals surface area contributed by atoms with Crippen molar-refractivity contribution in [2.45, 2.75) is 11.8 Å². The van der Waals surface area contributed by atoms with Gasteiger partial charge in [0.15, 0.2) is 0 Å². The van der Waals surface area contributed by atoms with E-state index in [-0.39, 0.29) is 10.0 Å². The Kier molecular flexibility index (Phi) is 6.10. The van der Waals surface area contributed by atoms with Crippen molar-refractivity contribution in [2.24, 2.45) is 0 Å². The molecule has 0 aliphatic heterocycles. The van der Waals surface area contributed by atoms with Crippen LogP contribution in [-0.2, 0) is 10.0 Å². The minimum Gasteiger partial charge on any atom is -0.496 e. The number of rotatable bonds is 6. The van der Waals surface area contributed by atoms with E-state index in [0.717, 1.165) is 23.0 Å². The Bertz CT molecular complexity index is 1690. The molecule has 0 fully saturated rings. The Labute approximate surface area is 209 Å². The van der Waals surface area contributed by atoms with Gasteiger partial charge in [-0.3, -0.25) is 9.71 Å². The Hall–Kier alpha value is -3.96. The van der Waals surface area contributed by atoms with Gasteiger partial charge in [0.1, 0.15) is 22.9 Å². The van der Waals surface area contributed by atoms with Crippen LogP contribution in [0.2, 0.25) is 0 Å². The van der Waals surface area contributed by atoms with Gasteiger partial charge in [0, 0.05) is 23.2 Å². The molecular weight excluding hydrogens is 506 g/mol. The molecule has 2 aromatic heterocycles. The molecule has 3 aromatic carbocycles. The number of halogens is 2. The largest absolute Gasteiger partial charge is 0.496 e. The summed E-state index contributed by atoms with van der Waals surface area (Å²) >= 11 is 1.08. The number of hydrogen-bond donors (Lipinski definition) is 1. The molecule has 0 radical (unpaired) electrons. The second kappa shape index (κ2) is 9.25. The lowest BCUT2D eigenvalue weighted by Crippen LogP contribution is -2.12. The molecule has 0 spiro atoms. The zero-order valence-electron chi connectivity index (χ0n) is 19.0. The van der Waals surface area contributed by atoms with Crippen molar-refractivity contribution in [1.29, 1.82) is 0 Å². The van der Waals surface area contributed by atoms with Crippen LogP contribution in [0.1, 0.15) is 5.56 Å². The predicted octanol–water partition coefficient (Wildman–Crippen LogP) is 5.82. The summed E-state index contributed by atoms with van der Waals surface area (Å²) in [6.07, 6.45) is 1.58. The number of methoxy groups -OCH3 is 1. The molecule has 7 nitrogen and oxygen atoms in total. The summed E-state index contributed by atoms with van der Waals surface area (Å²) in [5, 5.41) is 8.88. The molecule has 0 bridgehead atoms. The highest BCUT2D eigenvalue weighted by Gasteiger charge is 2.19. The fourth-order valence-corrected chi connectivity index (χ4v) is 5.72. The highest BCUT2D eigenvalue weighted by molar-refractivity contribution is 7.93. The number of anilines is 1. The van der Waals surface area contributed by atoms with Crippen molar-refractivity contribution in [3.63, 3.8) is 0 Å². The number of hydrogen-bond acceptors (Lipinski definition) is 7. The average Bonchev–Trinajstić information content (AvgIpc) is 3.35. The third-order valence-corrected chi connectivity index (χ3v) is 7.68. The first-order valence-electron chi connectivity index (χ1n) is 10.6. The quantitative estimate of drug-likeness (QED) is 0.301. The fraction of sp³-hybridized carbons (Fsp3) is 0.0800. The summed E-state index contributed by atoms with van der Waals surface area (Å²) in [5.41, 5.74) is 4.43. The third kappa shape index (κ3) is 4.50. The lowest BCUT2D eigenvalue weighted by molar-refractivity contribution is 0.416. The van der Waals surface area contributed by atoms with Crippen molar-refractivity contribution >= 4 is 37.3 Å². The van der Waals surface area contributed by atoms with Crippen molar-refractivity contribution in [3.8, 4) is 28.1 Å². The first-order valence-corrected chi connectivity index (χ1v) is 12.9. The van der Waals surface area contributed by atoms with E-state index in [4.69, 9.17) is 4.74 Å². The summed E-state index contributed by atoms with van der Waals surface area (Å²) < 4.78 is 61.3. The molecule has 0 unspecified atom stereocenters. The molecule has 11 heteroatoms. The SMILES string of the molecule is COc1cc(-c2cc(F)cc(F)c2)c(C)cc1-c1nccc2cc(S(=O)(=O)Nc3nncs3)ccc12. The molecule has 1 N–H and O–H groups in total. The van der Waals surface area contributed by atoms with Crippen LogP contribution in [0.25, 0.3) is 33.2 Å². The van der Waals surface area contributed by atoms with Crippen LogP contribution in [0.4, 0.5) is 13.9 Å². The van der Waals surface area contributed by atoms with E-state index in [9.17, 15) is 17.2 Å². The van der Waals surface area contributed by atoms with Crippen LogP contribution in [-0.4, -0.2) is 30.7 Å². The number of fused-ring (bicyclic) bond motifs is 1. The zero-order valence-corrected chi connectivity index (χ0v) is 20.6. The van der Waals surface area contributed by atoms with Crippen LogP contribution in [0, 0.1) is 18.6 Å². The van der Waals surface area contributed by atoms with E-state index < -0.39 is 21.7 Å². The van der Waals surface area contributed by atoms with Gasteiger partial charge in [-0.1, -0.05) is 17.4 Å². The van der Waals surface area contributed by atoms with E-state index in [1.807, 2.05) is 13.0 Å². The van der Waals surface area contributed by atoms with Crippen LogP contribution in [0.3, 0.4) is 0 Å². The van der Waals surface area contributed by atoms with Crippen LogP contribution in [0.15, 0.2) is 71.2 Å². The standard InChI is InChI=1S/C25H18F2N4O3S2/c1-14-7-22(23(34-2)12-21(14)16-8-17(26)11-18(27)9-16)24-20-4-3-19(10-15(20)5-6-28-24)36(32,33)31-25-30-29-13-35-25/h3-13H,1-2H3,(H,30,31). The molecule has 0 aliphatic carbocycles. The number of nitrogens with zero attached hydrogens (tertiary/aromatic N) is 3. The number of pyridine rings is 1. The summed E-state index contributed by atoms with van der Waals surface area (Å²) in [5.74, 6) is -0.890. The van der Waals surface area contributed by atoms with E-state index in [1.54, 1.807) is 30.5 Å². The van der Waals surface area contributed by atoms with Gasteiger partial charge in [-0.05, 0) is 71.5 Å². The van der Waals surface area contributed by atoms with Gasteiger partial charge in [-0.15, -0.1) is 10.2 Å². The Balaban J connectivity index is 1.60. The number of nitrogens with one attached hydrogen (secondary N) is 1. The molecule has 0 saturated carbocycles. The normalized spacial score (nSPS) is 11.6. The second-order valence-electron chi connectivity index (χ2n) is 7.92. The number of aryl methyl sites for hydroxylation is 1. The van der Waals surface area contributed by atoms with Crippen LogP contribution in [0.5, 0.6) is 5.75 Å². The maximum absolute atomic E-state index is 13.8. The molecule has 36 heavy (non-hydrogen) atoms. The predicted molar refractivity (Wildman–Crippen MR) is 135 cm³/mol. The van der Waals surface area contributed by atoms with Gasteiger partial charge < -0.3 is 4.74 Å². The van der Waals surface area contributed by atoms with Gasteiger partial charge >= 0.3 is 0 Å². The van der Waals surface area contributed by atoms with Gasteiger partial charge in [0.2, 0.25) is 5.13 Å². The maximum atomic E-state index is 13.8. The number of benzene rings is 3. The number of aromatic nitrogens is 3. The van der Waals surface area contributed by atoms with E-state index in [2.05, 4.69) is 19.9 Å². The van der Waals surface area contributed by atoms with Crippen LogP contribution >= 0.6 is 11.3 Å². The lowest BCUT2D eigenvalue weighted by atomic mass is 9.94. The molecule has 5 rings (SSSR count). The summed E-state index contributed by atoms with van der Waals surface area (Å²) in [7, 11) is -2.36. The molecule has 0 aliphatic rings. The van der Waals surface area contributed by atoms with Gasteiger partial charge in [0.25, 0.3) is 10.0 Å².